The number of amides is 2. The van der Waals surface area contributed by atoms with Crippen molar-refractivity contribution in [1.82, 2.24) is 15.1 Å². The van der Waals surface area contributed by atoms with Gasteiger partial charge in [-0.25, -0.2) is 4.79 Å². The van der Waals surface area contributed by atoms with Gasteiger partial charge in [-0.1, -0.05) is 6.92 Å². The van der Waals surface area contributed by atoms with E-state index in [-0.39, 0.29) is 6.03 Å². The third kappa shape index (κ3) is 4.35. The van der Waals surface area contributed by atoms with E-state index >= 15 is 0 Å². The Morgan fingerprint density at radius 1 is 1.32 bits per heavy atom. The van der Waals surface area contributed by atoms with E-state index in [4.69, 9.17) is 5.73 Å². The summed E-state index contributed by atoms with van der Waals surface area (Å²) in [6.07, 6.45) is 5.58. The largest absolute Gasteiger partial charge is 0.335 e. The summed E-state index contributed by atoms with van der Waals surface area (Å²) in [6.45, 7) is 6.78. The Morgan fingerprint density at radius 2 is 2.11 bits per heavy atom. The smallest absolute Gasteiger partial charge is 0.317 e. The third-order valence-electron chi connectivity index (χ3n) is 4.21. The van der Waals surface area contributed by atoms with Gasteiger partial charge in [-0.3, -0.25) is 4.90 Å². The van der Waals surface area contributed by atoms with Gasteiger partial charge in [0.05, 0.1) is 0 Å². The Bertz CT molecular complexity index is 293. The summed E-state index contributed by atoms with van der Waals surface area (Å²) in [6, 6.07) is 1.17. The van der Waals surface area contributed by atoms with Gasteiger partial charge >= 0.3 is 6.03 Å². The number of nitrogens with two attached hydrogens (primary N) is 1. The van der Waals surface area contributed by atoms with Gasteiger partial charge < -0.3 is 16.0 Å². The fraction of sp³-hybridized carbons (Fsp3) is 0.929. The lowest BCUT2D eigenvalue weighted by atomic mass is 10.1. The van der Waals surface area contributed by atoms with Gasteiger partial charge in [-0.2, -0.15) is 0 Å². The number of hydrogen-bond acceptors (Lipinski definition) is 3. The summed E-state index contributed by atoms with van der Waals surface area (Å²) in [5.41, 5.74) is 5.69. The van der Waals surface area contributed by atoms with E-state index in [1.807, 2.05) is 4.90 Å². The molecule has 1 atom stereocenters. The number of urea groups is 1. The molecule has 1 unspecified atom stereocenters. The maximum absolute atomic E-state index is 12.0. The topological polar surface area (TPSA) is 61.6 Å². The molecule has 0 spiro atoms. The number of nitrogens with one attached hydrogen (secondary N) is 1. The number of hydrogen-bond donors (Lipinski definition) is 2. The molecule has 0 bridgehead atoms. The molecule has 110 valence electrons. The van der Waals surface area contributed by atoms with Crippen LogP contribution < -0.4 is 11.1 Å². The lowest BCUT2D eigenvalue weighted by molar-refractivity contribution is 0.180. The first-order chi connectivity index (χ1) is 9.24. The van der Waals surface area contributed by atoms with Crippen LogP contribution in [0.4, 0.5) is 4.79 Å². The van der Waals surface area contributed by atoms with Gasteiger partial charge in [0.25, 0.3) is 0 Å². The molecule has 0 aromatic heterocycles. The molecule has 2 aliphatic rings. The van der Waals surface area contributed by atoms with Crippen LogP contribution in [0, 0.1) is 0 Å². The van der Waals surface area contributed by atoms with Gasteiger partial charge in [0, 0.05) is 38.3 Å². The Labute approximate surface area is 116 Å². The van der Waals surface area contributed by atoms with Crippen molar-refractivity contribution in [1.29, 1.82) is 0 Å². The second kappa shape index (κ2) is 7.10. The maximum Gasteiger partial charge on any atom is 0.317 e. The Kier molecular flexibility index (Phi) is 5.45. The van der Waals surface area contributed by atoms with Crippen LogP contribution in [0.5, 0.6) is 0 Å². The molecule has 3 N–H and O–H groups in total. The monoisotopic (exact) mass is 268 g/mol. The molecule has 2 amide bonds. The summed E-state index contributed by atoms with van der Waals surface area (Å²) < 4.78 is 0. The minimum Gasteiger partial charge on any atom is -0.335 e. The maximum atomic E-state index is 12.0. The van der Waals surface area contributed by atoms with Crippen LogP contribution in [-0.4, -0.2) is 60.6 Å². The lowest BCUT2D eigenvalue weighted by Crippen LogP contribution is -2.44. The molecule has 0 radical (unpaired) electrons. The molecule has 5 nitrogen and oxygen atoms in total. The number of carbonyl (C=O) groups is 1. The third-order valence-corrected chi connectivity index (χ3v) is 4.21. The second-order valence-electron chi connectivity index (χ2n) is 5.74. The van der Waals surface area contributed by atoms with Crippen molar-refractivity contribution < 1.29 is 4.79 Å². The normalized spacial score (nSPS) is 22.9. The van der Waals surface area contributed by atoms with Crippen molar-refractivity contribution in [2.75, 3.05) is 32.7 Å². The molecule has 0 aromatic carbocycles. The first kappa shape index (κ1) is 14.6. The van der Waals surface area contributed by atoms with E-state index in [2.05, 4.69) is 17.1 Å². The number of carbonyl (C=O) groups excluding carboxylic acids is 1. The van der Waals surface area contributed by atoms with Crippen LogP contribution in [0.15, 0.2) is 0 Å². The predicted molar refractivity (Wildman–Crippen MR) is 77.1 cm³/mol. The van der Waals surface area contributed by atoms with Crippen LogP contribution in [0.3, 0.4) is 0 Å². The molecule has 1 aliphatic carbocycles. The summed E-state index contributed by atoms with van der Waals surface area (Å²) in [7, 11) is 0. The average Bonchev–Trinajstić information content (AvgIpc) is 3.21. The van der Waals surface area contributed by atoms with E-state index in [0.717, 1.165) is 64.8 Å². The molecule has 19 heavy (non-hydrogen) atoms. The highest BCUT2D eigenvalue weighted by Gasteiger charge is 2.27. The minimum absolute atomic E-state index is 0.135. The highest BCUT2D eigenvalue weighted by Crippen LogP contribution is 2.19. The highest BCUT2D eigenvalue weighted by molar-refractivity contribution is 5.74. The fourth-order valence-corrected chi connectivity index (χ4v) is 2.84. The zero-order valence-electron chi connectivity index (χ0n) is 12.1. The first-order valence-electron chi connectivity index (χ1n) is 7.74. The SMILES string of the molecule is CCC(CCN)N1CCCN(C(=O)NC2CC2)CC1. The molecular weight excluding hydrogens is 240 g/mol. The first-order valence-corrected chi connectivity index (χ1v) is 7.74. The predicted octanol–water partition coefficient (Wildman–Crippen LogP) is 0.994. The molecule has 2 fully saturated rings. The molecule has 1 saturated heterocycles. The zero-order valence-corrected chi connectivity index (χ0v) is 12.1. The summed E-state index contributed by atoms with van der Waals surface area (Å²) in [5, 5.41) is 3.08. The number of rotatable bonds is 5. The summed E-state index contributed by atoms with van der Waals surface area (Å²) in [4.78, 5) is 16.5. The molecule has 1 heterocycles. The van der Waals surface area contributed by atoms with Crippen LogP contribution in [-0.2, 0) is 0 Å². The van der Waals surface area contributed by atoms with Crippen LogP contribution in [0.25, 0.3) is 0 Å². The average molecular weight is 268 g/mol. The van der Waals surface area contributed by atoms with E-state index in [1.165, 1.54) is 0 Å². The molecular formula is C14H28N4O. The van der Waals surface area contributed by atoms with Crippen LogP contribution in [0.1, 0.15) is 39.0 Å². The highest BCUT2D eigenvalue weighted by atomic mass is 16.2. The van der Waals surface area contributed by atoms with Gasteiger partial charge in [0.1, 0.15) is 0 Å². The fourth-order valence-electron chi connectivity index (χ4n) is 2.84. The van der Waals surface area contributed by atoms with Crippen LogP contribution in [0.2, 0.25) is 0 Å². The van der Waals surface area contributed by atoms with Crippen molar-refractivity contribution in [2.24, 2.45) is 5.73 Å². The van der Waals surface area contributed by atoms with Crippen molar-refractivity contribution in [3.05, 3.63) is 0 Å². The molecule has 1 saturated carbocycles. The van der Waals surface area contributed by atoms with Gasteiger partial charge in [0.2, 0.25) is 0 Å². The Morgan fingerprint density at radius 3 is 2.74 bits per heavy atom. The Hall–Kier alpha value is -0.810. The standard InChI is InChI=1S/C14H28N4O/c1-2-13(6-7-15)17-8-3-9-18(11-10-17)14(19)16-12-4-5-12/h12-13H,2-11,15H2,1H3,(H,16,19). The quantitative estimate of drug-likeness (QED) is 0.782. The van der Waals surface area contributed by atoms with Gasteiger partial charge in [-0.15, -0.1) is 0 Å². The number of nitrogens with zero attached hydrogens (tertiary/aromatic N) is 2. The Balaban J connectivity index is 1.80. The van der Waals surface area contributed by atoms with E-state index in [9.17, 15) is 4.79 Å². The minimum atomic E-state index is 0.135. The lowest BCUT2D eigenvalue weighted by Gasteiger charge is -2.29. The van der Waals surface area contributed by atoms with E-state index in [1.54, 1.807) is 0 Å². The van der Waals surface area contributed by atoms with Crippen molar-refractivity contribution in [2.45, 2.75) is 51.1 Å². The molecule has 5 heteroatoms. The zero-order chi connectivity index (χ0) is 13.7. The molecule has 0 aromatic rings. The second-order valence-corrected chi connectivity index (χ2v) is 5.74. The van der Waals surface area contributed by atoms with Crippen molar-refractivity contribution in [3.8, 4) is 0 Å². The summed E-state index contributed by atoms with van der Waals surface area (Å²) in [5.74, 6) is 0. The van der Waals surface area contributed by atoms with E-state index < -0.39 is 0 Å². The summed E-state index contributed by atoms with van der Waals surface area (Å²) >= 11 is 0. The molecule has 2 rings (SSSR count). The van der Waals surface area contributed by atoms with Crippen molar-refractivity contribution in [3.63, 3.8) is 0 Å². The van der Waals surface area contributed by atoms with Crippen molar-refractivity contribution >= 4 is 6.03 Å². The van der Waals surface area contributed by atoms with Gasteiger partial charge in [0.15, 0.2) is 0 Å². The van der Waals surface area contributed by atoms with Crippen LogP contribution >= 0.6 is 0 Å². The van der Waals surface area contributed by atoms with E-state index in [0.29, 0.717) is 12.1 Å². The van der Waals surface area contributed by atoms with Gasteiger partial charge in [-0.05, 0) is 38.6 Å². The molecule has 1 aliphatic heterocycles.